The molecule has 1 aliphatic rings. The summed E-state index contributed by atoms with van der Waals surface area (Å²) in [5.41, 5.74) is 1.48. The predicted molar refractivity (Wildman–Crippen MR) is 95.0 cm³/mol. The monoisotopic (exact) mass is 305 g/mol. The van der Waals surface area contributed by atoms with Crippen LogP contribution in [-0.4, -0.2) is 12.3 Å². The van der Waals surface area contributed by atoms with Crippen LogP contribution in [0.1, 0.15) is 64.5 Å². The van der Waals surface area contributed by atoms with Gasteiger partial charge in [-0.25, -0.2) is 0 Å². The summed E-state index contributed by atoms with van der Waals surface area (Å²) in [6, 6.07) is 9.83. The van der Waals surface area contributed by atoms with Crippen molar-refractivity contribution >= 4 is 11.8 Å². The summed E-state index contributed by atoms with van der Waals surface area (Å²) >= 11 is 1.93. The van der Waals surface area contributed by atoms with E-state index in [0.29, 0.717) is 6.04 Å². The van der Waals surface area contributed by atoms with Crippen LogP contribution in [-0.2, 0) is 0 Å². The molecule has 0 aliphatic heterocycles. The van der Waals surface area contributed by atoms with Crippen LogP contribution in [0.5, 0.6) is 0 Å². The Hall–Kier alpha value is -0.470. The van der Waals surface area contributed by atoms with Crippen LogP contribution in [0.4, 0.5) is 0 Å². The molecule has 1 N–H and O–H groups in total. The molecule has 0 heterocycles. The maximum atomic E-state index is 3.75. The lowest BCUT2D eigenvalue weighted by Crippen LogP contribution is -2.31. The number of hydrogen-bond acceptors (Lipinski definition) is 2. The van der Waals surface area contributed by atoms with E-state index < -0.39 is 0 Å². The average Bonchev–Trinajstić information content (AvgIpc) is 2.54. The van der Waals surface area contributed by atoms with Gasteiger partial charge < -0.3 is 5.32 Å². The van der Waals surface area contributed by atoms with Crippen LogP contribution in [0.25, 0.3) is 0 Å². The minimum atomic E-state index is 0.550. The van der Waals surface area contributed by atoms with Gasteiger partial charge in [-0.05, 0) is 54.7 Å². The first-order valence-corrected chi connectivity index (χ1v) is 9.73. The molecule has 0 bridgehead atoms. The Balaban J connectivity index is 2.04. The number of benzene rings is 1. The maximum absolute atomic E-state index is 3.75. The Bertz CT molecular complexity index is 393. The van der Waals surface area contributed by atoms with E-state index in [2.05, 4.69) is 50.4 Å². The quantitative estimate of drug-likeness (QED) is 0.652. The van der Waals surface area contributed by atoms with E-state index in [9.17, 15) is 0 Å². The molecule has 1 atom stereocenters. The first-order chi connectivity index (χ1) is 10.3. The van der Waals surface area contributed by atoms with Crippen molar-refractivity contribution in [1.29, 1.82) is 0 Å². The molecule has 21 heavy (non-hydrogen) atoms. The second-order valence-electron chi connectivity index (χ2n) is 6.23. The van der Waals surface area contributed by atoms with Gasteiger partial charge in [0.25, 0.3) is 0 Å². The number of hydrogen-bond donors (Lipinski definition) is 1. The molecule has 0 radical (unpaired) electrons. The van der Waals surface area contributed by atoms with E-state index >= 15 is 0 Å². The van der Waals surface area contributed by atoms with E-state index in [1.165, 1.54) is 42.6 Å². The summed E-state index contributed by atoms with van der Waals surface area (Å²) in [7, 11) is 0. The standard InChI is InChI=1S/C19H31NS/c1-4-15-7-9-16(10-8-15)19(20-5-2)17-11-13-18(14-12-17)21-6-3/h11-16,19-20H,4-10H2,1-3H3. The molecule has 0 aromatic heterocycles. The van der Waals surface area contributed by atoms with E-state index in [1.807, 2.05) is 11.8 Å². The summed E-state index contributed by atoms with van der Waals surface area (Å²) in [5, 5.41) is 3.75. The van der Waals surface area contributed by atoms with Crippen molar-refractivity contribution in [1.82, 2.24) is 5.32 Å². The van der Waals surface area contributed by atoms with Gasteiger partial charge in [0, 0.05) is 10.9 Å². The van der Waals surface area contributed by atoms with Crippen LogP contribution in [0.15, 0.2) is 29.2 Å². The van der Waals surface area contributed by atoms with E-state index in [0.717, 1.165) is 24.1 Å². The molecule has 118 valence electrons. The zero-order valence-corrected chi connectivity index (χ0v) is 14.7. The second kappa shape index (κ2) is 8.85. The van der Waals surface area contributed by atoms with Gasteiger partial charge in [0.2, 0.25) is 0 Å². The summed E-state index contributed by atoms with van der Waals surface area (Å²) in [6.07, 6.45) is 6.99. The van der Waals surface area contributed by atoms with Gasteiger partial charge in [-0.3, -0.25) is 0 Å². The van der Waals surface area contributed by atoms with Gasteiger partial charge in [0.15, 0.2) is 0 Å². The third-order valence-electron chi connectivity index (χ3n) is 4.91. The van der Waals surface area contributed by atoms with Crippen molar-refractivity contribution in [3.63, 3.8) is 0 Å². The Kier molecular flexibility index (Phi) is 7.12. The van der Waals surface area contributed by atoms with Gasteiger partial charge in [-0.15, -0.1) is 11.8 Å². The SMILES string of the molecule is CCNC(c1ccc(SCC)cc1)C1CCC(CC)CC1. The lowest BCUT2D eigenvalue weighted by molar-refractivity contribution is 0.220. The van der Waals surface area contributed by atoms with Crippen LogP contribution in [0.2, 0.25) is 0 Å². The Morgan fingerprint density at radius 3 is 2.24 bits per heavy atom. The molecule has 1 nitrogen and oxygen atoms in total. The van der Waals surface area contributed by atoms with Crippen LogP contribution in [0, 0.1) is 11.8 Å². The molecule has 1 saturated carbocycles. The second-order valence-corrected chi connectivity index (χ2v) is 7.56. The molecule has 2 heteroatoms. The van der Waals surface area contributed by atoms with E-state index in [1.54, 1.807) is 0 Å². The molecule has 1 unspecified atom stereocenters. The fourth-order valence-corrected chi connectivity index (χ4v) is 4.31. The molecule has 1 fully saturated rings. The minimum absolute atomic E-state index is 0.550. The Morgan fingerprint density at radius 2 is 1.71 bits per heavy atom. The van der Waals surface area contributed by atoms with Crippen LogP contribution < -0.4 is 5.32 Å². The van der Waals surface area contributed by atoms with Crippen molar-refractivity contribution < 1.29 is 0 Å². The minimum Gasteiger partial charge on any atom is -0.310 e. The third kappa shape index (κ3) is 4.75. The van der Waals surface area contributed by atoms with Gasteiger partial charge >= 0.3 is 0 Å². The lowest BCUT2D eigenvalue weighted by atomic mass is 9.76. The van der Waals surface area contributed by atoms with Gasteiger partial charge in [-0.2, -0.15) is 0 Å². The highest BCUT2D eigenvalue weighted by atomic mass is 32.2. The number of nitrogens with one attached hydrogen (secondary N) is 1. The van der Waals surface area contributed by atoms with Gasteiger partial charge in [0.1, 0.15) is 0 Å². The zero-order valence-electron chi connectivity index (χ0n) is 13.9. The van der Waals surface area contributed by atoms with E-state index in [4.69, 9.17) is 0 Å². The van der Waals surface area contributed by atoms with Crippen molar-refractivity contribution in [3.8, 4) is 0 Å². The molecular formula is C19H31NS. The van der Waals surface area contributed by atoms with Crippen LogP contribution in [0.3, 0.4) is 0 Å². The largest absolute Gasteiger partial charge is 0.310 e. The van der Waals surface area contributed by atoms with Crippen LogP contribution >= 0.6 is 11.8 Å². The van der Waals surface area contributed by atoms with Crippen molar-refractivity contribution in [2.24, 2.45) is 11.8 Å². The summed E-state index contributed by atoms with van der Waals surface area (Å²) in [6.45, 7) is 7.85. The normalized spacial score (nSPS) is 24.0. The highest BCUT2D eigenvalue weighted by Gasteiger charge is 2.27. The lowest BCUT2D eigenvalue weighted by Gasteiger charge is -2.34. The topological polar surface area (TPSA) is 12.0 Å². The molecule has 1 aliphatic carbocycles. The first kappa shape index (κ1) is 16.9. The average molecular weight is 306 g/mol. The molecule has 0 amide bonds. The molecule has 0 spiro atoms. The molecule has 0 saturated heterocycles. The highest BCUT2D eigenvalue weighted by molar-refractivity contribution is 7.99. The Morgan fingerprint density at radius 1 is 1.05 bits per heavy atom. The maximum Gasteiger partial charge on any atom is 0.0348 e. The van der Waals surface area contributed by atoms with Gasteiger partial charge in [0.05, 0.1) is 0 Å². The molecule has 1 aromatic rings. The summed E-state index contributed by atoms with van der Waals surface area (Å²) in [4.78, 5) is 1.39. The van der Waals surface area contributed by atoms with Crippen molar-refractivity contribution in [3.05, 3.63) is 29.8 Å². The fourth-order valence-electron chi connectivity index (χ4n) is 3.64. The summed E-state index contributed by atoms with van der Waals surface area (Å²) < 4.78 is 0. The fraction of sp³-hybridized carbons (Fsp3) is 0.684. The van der Waals surface area contributed by atoms with Crippen molar-refractivity contribution in [2.45, 2.75) is 63.8 Å². The Labute approximate surface area is 135 Å². The molecule has 1 aromatic carbocycles. The first-order valence-electron chi connectivity index (χ1n) is 8.74. The smallest absolute Gasteiger partial charge is 0.0348 e. The van der Waals surface area contributed by atoms with E-state index in [-0.39, 0.29) is 0 Å². The predicted octanol–water partition coefficient (Wildman–Crippen LogP) is 5.67. The van der Waals surface area contributed by atoms with Gasteiger partial charge in [-0.1, -0.05) is 52.2 Å². The highest BCUT2D eigenvalue weighted by Crippen LogP contribution is 2.38. The molecular weight excluding hydrogens is 274 g/mol. The van der Waals surface area contributed by atoms with Crippen molar-refractivity contribution in [2.75, 3.05) is 12.3 Å². The summed E-state index contributed by atoms with van der Waals surface area (Å²) in [5.74, 6) is 2.95. The number of rotatable bonds is 7. The zero-order chi connectivity index (χ0) is 15.1. The number of thioether (sulfide) groups is 1. The third-order valence-corrected chi connectivity index (χ3v) is 5.81. The molecule has 2 rings (SSSR count).